The summed E-state index contributed by atoms with van der Waals surface area (Å²) in [5, 5.41) is 9.29. The molecular weight excluding hydrogens is 254 g/mol. The fourth-order valence-corrected chi connectivity index (χ4v) is 1.84. The summed E-state index contributed by atoms with van der Waals surface area (Å²) in [6, 6.07) is 6.69. The van der Waals surface area contributed by atoms with Crippen LogP contribution in [0.15, 0.2) is 36.7 Å². The Bertz CT molecular complexity index is 594. The highest BCUT2D eigenvalue weighted by molar-refractivity contribution is 5.92. The van der Waals surface area contributed by atoms with Gasteiger partial charge in [0, 0.05) is 13.2 Å². The zero-order valence-corrected chi connectivity index (χ0v) is 11.7. The topological polar surface area (TPSA) is 66.3 Å². The van der Waals surface area contributed by atoms with E-state index in [0.29, 0.717) is 5.69 Å². The van der Waals surface area contributed by atoms with Crippen molar-refractivity contribution < 1.29 is 9.90 Å². The Kier molecular flexibility index (Phi) is 3.98. The van der Waals surface area contributed by atoms with Crippen LogP contribution in [0.3, 0.4) is 0 Å². The van der Waals surface area contributed by atoms with Crippen molar-refractivity contribution in [3.63, 3.8) is 0 Å². The van der Waals surface area contributed by atoms with Crippen molar-refractivity contribution >= 4 is 5.91 Å². The molecule has 1 heterocycles. The molecule has 0 aliphatic carbocycles. The van der Waals surface area contributed by atoms with Crippen molar-refractivity contribution in [1.29, 1.82) is 0 Å². The molecular formula is C15H17N3O2. The minimum Gasteiger partial charge on any atom is -0.508 e. The molecule has 20 heavy (non-hydrogen) atoms. The first kappa shape index (κ1) is 14.0. The van der Waals surface area contributed by atoms with E-state index in [0.717, 1.165) is 11.3 Å². The molecule has 104 valence electrons. The Morgan fingerprint density at radius 3 is 2.40 bits per heavy atom. The van der Waals surface area contributed by atoms with Gasteiger partial charge < -0.3 is 10.0 Å². The van der Waals surface area contributed by atoms with E-state index in [-0.39, 0.29) is 17.7 Å². The van der Waals surface area contributed by atoms with Crippen molar-refractivity contribution in [1.82, 2.24) is 14.9 Å². The average Bonchev–Trinajstić information content (AvgIpc) is 2.46. The van der Waals surface area contributed by atoms with Crippen LogP contribution >= 0.6 is 0 Å². The minimum absolute atomic E-state index is 0.119. The molecule has 0 radical (unpaired) electrons. The number of carbonyl (C=O) groups is 1. The van der Waals surface area contributed by atoms with Crippen molar-refractivity contribution in [2.75, 3.05) is 7.05 Å². The minimum atomic E-state index is -0.182. The van der Waals surface area contributed by atoms with Crippen LogP contribution in [0.25, 0.3) is 0 Å². The lowest BCUT2D eigenvalue weighted by Gasteiger charge is -2.25. The van der Waals surface area contributed by atoms with Crippen LogP contribution in [0.1, 0.15) is 34.7 Å². The van der Waals surface area contributed by atoms with Crippen LogP contribution in [-0.2, 0) is 0 Å². The number of rotatable bonds is 3. The maximum absolute atomic E-state index is 12.3. The Labute approximate surface area is 117 Å². The number of hydrogen-bond donors (Lipinski definition) is 1. The molecule has 5 heteroatoms. The van der Waals surface area contributed by atoms with Gasteiger partial charge in [-0.25, -0.2) is 4.98 Å². The van der Waals surface area contributed by atoms with E-state index >= 15 is 0 Å². The number of phenols is 1. The standard InChI is InChI=1S/C15H17N3O2/c1-10-8-17-14(9-16-10)15(20)18(3)11(2)12-4-6-13(19)7-5-12/h4-9,11,19H,1-3H3. The quantitative estimate of drug-likeness (QED) is 0.930. The van der Waals surface area contributed by atoms with Gasteiger partial charge >= 0.3 is 0 Å². The molecule has 2 aromatic rings. The summed E-state index contributed by atoms with van der Waals surface area (Å²) in [4.78, 5) is 22.1. The molecule has 0 saturated carbocycles. The predicted molar refractivity (Wildman–Crippen MR) is 75.4 cm³/mol. The summed E-state index contributed by atoms with van der Waals surface area (Å²) in [6.45, 7) is 3.75. The molecule has 1 aromatic carbocycles. The van der Waals surface area contributed by atoms with Crippen molar-refractivity contribution in [3.05, 3.63) is 53.6 Å². The van der Waals surface area contributed by atoms with Gasteiger partial charge in [-0.3, -0.25) is 9.78 Å². The van der Waals surface area contributed by atoms with Gasteiger partial charge in [0.25, 0.3) is 5.91 Å². The van der Waals surface area contributed by atoms with Crippen LogP contribution in [0.4, 0.5) is 0 Å². The summed E-state index contributed by atoms with van der Waals surface area (Å²) in [6.07, 6.45) is 3.06. The first-order valence-electron chi connectivity index (χ1n) is 6.34. The van der Waals surface area contributed by atoms with E-state index in [1.165, 1.54) is 6.20 Å². The number of carbonyl (C=O) groups excluding carboxylic acids is 1. The van der Waals surface area contributed by atoms with Gasteiger partial charge in [0.15, 0.2) is 0 Å². The van der Waals surface area contributed by atoms with Gasteiger partial charge in [0.05, 0.1) is 17.9 Å². The zero-order chi connectivity index (χ0) is 14.7. The Morgan fingerprint density at radius 2 is 1.85 bits per heavy atom. The van der Waals surface area contributed by atoms with Gasteiger partial charge in [-0.05, 0) is 31.5 Å². The average molecular weight is 271 g/mol. The molecule has 0 saturated heterocycles. The first-order chi connectivity index (χ1) is 9.49. The second kappa shape index (κ2) is 5.69. The molecule has 1 aromatic heterocycles. The van der Waals surface area contributed by atoms with E-state index in [2.05, 4.69) is 9.97 Å². The lowest BCUT2D eigenvalue weighted by Crippen LogP contribution is -2.30. The number of aryl methyl sites for hydroxylation is 1. The van der Waals surface area contributed by atoms with E-state index in [9.17, 15) is 9.90 Å². The van der Waals surface area contributed by atoms with Gasteiger partial charge in [0.2, 0.25) is 0 Å². The van der Waals surface area contributed by atoms with Crippen LogP contribution in [0.2, 0.25) is 0 Å². The van der Waals surface area contributed by atoms with Gasteiger partial charge in [-0.1, -0.05) is 12.1 Å². The number of benzene rings is 1. The molecule has 0 aliphatic heterocycles. The molecule has 1 N–H and O–H groups in total. The fraction of sp³-hybridized carbons (Fsp3) is 0.267. The molecule has 5 nitrogen and oxygen atoms in total. The number of phenolic OH excluding ortho intramolecular Hbond substituents is 1. The normalized spacial score (nSPS) is 11.9. The summed E-state index contributed by atoms with van der Waals surface area (Å²) in [5.41, 5.74) is 2.04. The van der Waals surface area contributed by atoms with Crippen LogP contribution in [0, 0.1) is 6.92 Å². The number of nitrogens with zero attached hydrogens (tertiary/aromatic N) is 3. The lowest BCUT2D eigenvalue weighted by atomic mass is 10.1. The van der Waals surface area contributed by atoms with E-state index in [1.54, 1.807) is 42.4 Å². The number of aromatic nitrogens is 2. The van der Waals surface area contributed by atoms with Crippen molar-refractivity contribution in [2.45, 2.75) is 19.9 Å². The van der Waals surface area contributed by atoms with Crippen LogP contribution in [0.5, 0.6) is 5.75 Å². The predicted octanol–water partition coefficient (Wildman–Crippen LogP) is 2.32. The molecule has 1 atom stereocenters. The largest absolute Gasteiger partial charge is 0.508 e. The molecule has 0 aliphatic rings. The Balaban J connectivity index is 2.17. The molecule has 0 spiro atoms. The van der Waals surface area contributed by atoms with Crippen LogP contribution < -0.4 is 0 Å². The summed E-state index contributed by atoms with van der Waals surface area (Å²) < 4.78 is 0. The first-order valence-corrected chi connectivity index (χ1v) is 6.34. The highest BCUT2D eigenvalue weighted by atomic mass is 16.3. The highest BCUT2D eigenvalue weighted by Gasteiger charge is 2.20. The van der Waals surface area contributed by atoms with Crippen molar-refractivity contribution in [3.8, 4) is 5.75 Å². The summed E-state index contributed by atoms with van der Waals surface area (Å²) in [5.74, 6) is 0.0254. The second-order valence-corrected chi connectivity index (χ2v) is 4.73. The lowest BCUT2D eigenvalue weighted by molar-refractivity contribution is 0.0736. The Morgan fingerprint density at radius 1 is 1.20 bits per heavy atom. The monoisotopic (exact) mass is 271 g/mol. The maximum atomic E-state index is 12.3. The molecule has 2 rings (SSSR count). The van der Waals surface area contributed by atoms with Gasteiger partial charge in [-0.15, -0.1) is 0 Å². The zero-order valence-electron chi connectivity index (χ0n) is 11.7. The van der Waals surface area contributed by atoms with E-state index in [1.807, 2.05) is 13.8 Å². The highest BCUT2D eigenvalue weighted by Crippen LogP contribution is 2.22. The van der Waals surface area contributed by atoms with Crippen molar-refractivity contribution in [2.24, 2.45) is 0 Å². The third-order valence-electron chi connectivity index (χ3n) is 3.28. The maximum Gasteiger partial charge on any atom is 0.274 e. The Hall–Kier alpha value is -2.43. The summed E-state index contributed by atoms with van der Waals surface area (Å²) in [7, 11) is 1.72. The van der Waals surface area contributed by atoms with Gasteiger partial charge in [-0.2, -0.15) is 0 Å². The van der Waals surface area contributed by atoms with Crippen LogP contribution in [-0.4, -0.2) is 32.9 Å². The van der Waals surface area contributed by atoms with Gasteiger partial charge in [0.1, 0.15) is 11.4 Å². The summed E-state index contributed by atoms with van der Waals surface area (Å²) >= 11 is 0. The third kappa shape index (κ3) is 2.93. The molecule has 0 fully saturated rings. The third-order valence-corrected chi connectivity index (χ3v) is 3.28. The number of amides is 1. The molecule has 1 unspecified atom stereocenters. The number of hydrogen-bond acceptors (Lipinski definition) is 4. The smallest absolute Gasteiger partial charge is 0.274 e. The number of aromatic hydroxyl groups is 1. The molecule has 1 amide bonds. The SMILES string of the molecule is Cc1cnc(C(=O)N(C)C(C)c2ccc(O)cc2)cn1. The van der Waals surface area contributed by atoms with E-state index < -0.39 is 0 Å². The molecule has 0 bridgehead atoms. The fourth-order valence-electron chi connectivity index (χ4n) is 1.84. The van der Waals surface area contributed by atoms with E-state index in [4.69, 9.17) is 0 Å². The second-order valence-electron chi connectivity index (χ2n) is 4.73.